The number of H-pyrrole nitrogens is 1. The molecule has 3 rings (SSSR count). The third-order valence-corrected chi connectivity index (χ3v) is 4.46. The van der Waals surface area contributed by atoms with Crippen LogP contribution in [0.2, 0.25) is 0 Å². The number of benzene rings is 2. The van der Waals surface area contributed by atoms with Gasteiger partial charge in [-0.05, 0) is 37.1 Å². The van der Waals surface area contributed by atoms with Crippen molar-refractivity contribution in [2.45, 2.75) is 20.3 Å². The van der Waals surface area contributed by atoms with Gasteiger partial charge in [-0.3, -0.25) is 4.79 Å². The Morgan fingerprint density at radius 3 is 2.56 bits per heavy atom. The maximum Gasteiger partial charge on any atom is 0.352 e. The summed E-state index contributed by atoms with van der Waals surface area (Å²) in [6.45, 7) is 3.93. The number of amides is 1. The van der Waals surface area contributed by atoms with Crippen molar-refractivity contribution in [2.75, 3.05) is 11.9 Å². The third-order valence-electron chi connectivity index (χ3n) is 4.46. The molecule has 2 aromatic carbocycles. The molecule has 5 nitrogen and oxygen atoms in total. The predicted octanol–water partition coefficient (Wildman–Crippen LogP) is 3.69. The van der Waals surface area contributed by atoms with Crippen LogP contribution < -0.4 is 4.90 Å². The molecule has 0 aliphatic carbocycles. The zero-order chi connectivity index (χ0) is 18.1. The van der Waals surface area contributed by atoms with Crippen LogP contribution in [0, 0.1) is 13.8 Å². The van der Waals surface area contributed by atoms with Gasteiger partial charge in [-0.25, -0.2) is 4.79 Å². The second-order valence-electron chi connectivity index (χ2n) is 6.25. The van der Waals surface area contributed by atoms with Crippen LogP contribution >= 0.6 is 0 Å². The average Bonchev–Trinajstić information content (AvgIpc) is 2.95. The van der Waals surface area contributed by atoms with Crippen molar-refractivity contribution in [3.63, 3.8) is 0 Å². The molecule has 5 heteroatoms. The van der Waals surface area contributed by atoms with E-state index in [1.165, 1.54) is 0 Å². The van der Waals surface area contributed by atoms with Crippen molar-refractivity contribution >= 4 is 28.5 Å². The van der Waals surface area contributed by atoms with Gasteiger partial charge in [-0.2, -0.15) is 0 Å². The Kier molecular flexibility index (Phi) is 4.31. The van der Waals surface area contributed by atoms with Gasteiger partial charge in [0.15, 0.2) is 0 Å². The fourth-order valence-corrected chi connectivity index (χ4v) is 3.05. The van der Waals surface area contributed by atoms with Crippen molar-refractivity contribution in [1.82, 2.24) is 4.98 Å². The smallest absolute Gasteiger partial charge is 0.352 e. The van der Waals surface area contributed by atoms with E-state index in [9.17, 15) is 14.7 Å². The lowest BCUT2D eigenvalue weighted by Crippen LogP contribution is -2.29. The summed E-state index contributed by atoms with van der Waals surface area (Å²) in [6, 6.07) is 13.2. The molecule has 0 bridgehead atoms. The van der Waals surface area contributed by atoms with Gasteiger partial charge in [0.2, 0.25) is 5.91 Å². The number of aromatic carboxylic acids is 1. The number of carbonyl (C=O) groups is 2. The topological polar surface area (TPSA) is 73.4 Å². The average molecular weight is 336 g/mol. The number of carbonyl (C=O) groups excluding carboxylic acids is 1. The van der Waals surface area contributed by atoms with E-state index in [1.54, 1.807) is 11.9 Å². The molecule has 1 aromatic heterocycles. The summed E-state index contributed by atoms with van der Waals surface area (Å²) in [4.78, 5) is 28.9. The van der Waals surface area contributed by atoms with E-state index in [1.807, 2.05) is 56.3 Å². The first-order valence-corrected chi connectivity index (χ1v) is 8.05. The number of nitrogens with one attached hydrogen (secondary N) is 1. The number of anilines is 1. The normalized spacial score (nSPS) is 10.8. The minimum atomic E-state index is -1.06. The zero-order valence-electron chi connectivity index (χ0n) is 14.5. The van der Waals surface area contributed by atoms with Gasteiger partial charge in [-0.15, -0.1) is 0 Å². The summed E-state index contributed by atoms with van der Waals surface area (Å²) >= 11 is 0. The molecule has 0 spiro atoms. The number of carboxylic acid groups (broad SMARTS) is 1. The largest absolute Gasteiger partial charge is 0.477 e. The lowest BCUT2D eigenvalue weighted by atomic mass is 10.1. The van der Waals surface area contributed by atoms with E-state index in [0.717, 1.165) is 27.7 Å². The van der Waals surface area contributed by atoms with Gasteiger partial charge in [0.1, 0.15) is 5.69 Å². The van der Waals surface area contributed by atoms with Crippen LogP contribution in [0.3, 0.4) is 0 Å². The third kappa shape index (κ3) is 3.13. The summed E-state index contributed by atoms with van der Waals surface area (Å²) in [5.74, 6) is -1.21. The van der Waals surface area contributed by atoms with Crippen molar-refractivity contribution in [3.8, 4) is 0 Å². The van der Waals surface area contributed by atoms with E-state index in [4.69, 9.17) is 0 Å². The first-order chi connectivity index (χ1) is 11.9. The highest BCUT2D eigenvalue weighted by atomic mass is 16.4. The Hall–Kier alpha value is -3.08. The van der Waals surface area contributed by atoms with Gasteiger partial charge >= 0.3 is 5.97 Å². The molecule has 3 aromatic rings. The lowest BCUT2D eigenvalue weighted by Gasteiger charge is -2.20. The molecule has 2 N–H and O–H groups in total. The van der Waals surface area contributed by atoms with Crippen LogP contribution in [-0.2, 0) is 11.2 Å². The number of carboxylic acids is 1. The maximum atomic E-state index is 12.8. The van der Waals surface area contributed by atoms with Gasteiger partial charge in [0, 0.05) is 29.2 Å². The van der Waals surface area contributed by atoms with E-state index in [-0.39, 0.29) is 18.0 Å². The summed E-state index contributed by atoms with van der Waals surface area (Å²) in [7, 11) is 1.72. The van der Waals surface area contributed by atoms with Gasteiger partial charge in [-0.1, -0.05) is 30.3 Å². The molecule has 0 unspecified atom stereocenters. The first-order valence-electron chi connectivity index (χ1n) is 8.05. The standard InChI is InChI=1S/C20H20N2O3/c1-12-8-9-13(2)17(10-12)22(3)18(23)11-15-14-6-4-5-7-16(14)21-19(15)20(24)25/h4-10,21H,11H2,1-3H3,(H,24,25). The van der Waals surface area contributed by atoms with Crippen LogP contribution in [0.4, 0.5) is 5.69 Å². The highest BCUT2D eigenvalue weighted by Gasteiger charge is 2.22. The Bertz CT molecular complexity index is 972. The van der Waals surface area contributed by atoms with E-state index < -0.39 is 5.97 Å². The summed E-state index contributed by atoms with van der Waals surface area (Å²) < 4.78 is 0. The molecule has 0 aliphatic rings. The highest BCUT2D eigenvalue weighted by Crippen LogP contribution is 2.25. The van der Waals surface area contributed by atoms with Crippen LogP contribution in [0.25, 0.3) is 10.9 Å². The van der Waals surface area contributed by atoms with Crippen LogP contribution in [0.1, 0.15) is 27.2 Å². The fraction of sp³-hybridized carbons (Fsp3) is 0.200. The van der Waals surface area contributed by atoms with Crippen molar-refractivity contribution in [2.24, 2.45) is 0 Å². The number of hydrogen-bond acceptors (Lipinski definition) is 2. The Morgan fingerprint density at radius 2 is 1.84 bits per heavy atom. The van der Waals surface area contributed by atoms with Crippen LogP contribution in [-0.4, -0.2) is 29.0 Å². The number of rotatable bonds is 4. The van der Waals surface area contributed by atoms with Gasteiger partial charge < -0.3 is 15.0 Å². The quantitative estimate of drug-likeness (QED) is 0.763. The minimum absolute atomic E-state index is 0.0233. The second-order valence-corrected chi connectivity index (χ2v) is 6.25. The van der Waals surface area contributed by atoms with Crippen molar-refractivity contribution < 1.29 is 14.7 Å². The molecule has 25 heavy (non-hydrogen) atoms. The molecule has 1 heterocycles. The number of aromatic amines is 1. The minimum Gasteiger partial charge on any atom is -0.477 e. The molecule has 0 fully saturated rings. The molecular formula is C20H20N2O3. The van der Waals surface area contributed by atoms with E-state index >= 15 is 0 Å². The SMILES string of the molecule is Cc1ccc(C)c(N(C)C(=O)Cc2c(C(=O)O)[nH]c3ccccc23)c1. The molecule has 0 radical (unpaired) electrons. The number of para-hydroxylation sites is 1. The van der Waals surface area contributed by atoms with E-state index in [0.29, 0.717) is 5.56 Å². The van der Waals surface area contributed by atoms with Crippen LogP contribution in [0.15, 0.2) is 42.5 Å². The molecule has 128 valence electrons. The maximum absolute atomic E-state index is 12.8. The van der Waals surface area contributed by atoms with Crippen molar-refractivity contribution in [3.05, 3.63) is 64.8 Å². The summed E-state index contributed by atoms with van der Waals surface area (Å²) in [5, 5.41) is 10.2. The fourth-order valence-electron chi connectivity index (χ4n) is 3.05. The number of nitrogens with zero attached hydrogens (tertiary/aromatic N) is 1. The number of aromatic nitrogens is 1. The lowest BCUT2D eigenvalue weighted by molar-refractivity contribution is -0.117. The summed E-state index contributed by atoms with van der Waals surface area (Å²) in [6.07, 6.45) is 0.0233. The van der Waals surface area contributed by atoms with Crippen LogP contribution in [0.5, 0.6) is 0 Å². The number of hydrogen-bond donors (Lipinski definition) is 2. The molecule has 1 amide bonds. The van der Waals surface area contributed by atoms with E-state index in [2.05, 4.69) is 4.98 Å². The first kappa shape index (κ1) is 16.8. The number of aryl methyl sites for hydroxylation is 2. The predicted molar refractivity (Wildman–Crippen MR) is 98.3 cm³/mol. The Labute approximate surface area is 145 Å². The Morgan fingerprint density at radius 1 is 1.12 bits per heavy atom. The second kappa shape index (κ2) is 6.43. The Balaban J connectivity index is 1.98. The molecule has 0 atom stereocenters. The molecule has 0 saturated heterocycles. The number of likely N-dealkylation sites (N-methyl/N-ethyl adjacent to an activating group) is 1. The molecular weight excluding hydrogens is 316 g/mol. The molecule has 0 saturated carbocycles. The highest BCUT2D eigenvalue weighted by molar-refractivity contribution is 6.03. The molecule has 0 aliphatic heterocycles. The monoisotopic (exact) mass is 336 g/mol. The van der Waals surface area contributed by atoms with Crippen molar-refractivity contribution in [1.29, 1.82) is 0 Å². The zero-order valence-corrected chi connectivity index (χ0v) is 14.5. The summed E-state index contributed by atoms with van der Waals surface area (Å²) in [5.41, 5.74) is 4.21. The number of fused-ring (bicyclic) bond motifs is 1. The van der Waals surface area contributed by atoms with Gasteiger partial charge in [0.25, 0.3) is 0 Å². The van der Waals surface area contributed by atoms with Gasteiger partial charge in [0.05, 0.1) is 6.42 Å².